The quantitative estimate of drug-likeness (QED) is 0.731. The van der Waals surface area contributed by atoms with Crippen LogP contribution in [0.2, 0.25) is 0 Å². The summed E-state index contributed by atoms with van der Waals surface area (Å²) in [4.78, 5) is 8.38. The highest BCUT2D eigenvalue weighted by atomic mass is 79.9. The van der Waals surface area contributed by atoms with Gasteiger partial charge < -0.3 is 15.2 Å². The summed E-state index contributed by atoms with van der Waals surface area (Å²) < 4.78 is 11.8. The molecule has 106 valence electrons. The number of halogens is 1. The molecule has 0 radical (unpaired) electrons. The molecule has 2 aromatic carbocycles. The van der Waals surface area contributed by atoms with Crippen LogP contribution in [0.3, 0.4) is 0 Å². The third kappa shape index (κ3) is 2.75. The van der Waals surface area contributed by atoms with Crippen molar-refractivity contribution < 1.29 is 9.47 Å². The van der Waals surface area contributed by atoms with E-state index in [2.05, 4.69) is 25.9 Å². The lowest BCUT2D eigenvalue weighted by Gasteiger charge is -2.10. The topological polar surface area (TPSA) is 70.3 Å². The first-order chi connectivity index (χ1) is 10.2. The molecule has 0 atom stereocenters. The van der Waals surface area contributed by atoms with Crippen molar-refractivity contribution in [1.82, 2.24) is 9.97 Å². The maximum absolute atomic E-state index is 5.87. The Balaban J connectivity index is 2.02. The second-order valence-electron chi connectivity index (χ2n) is 4.35. The van der Waals surface area contributed by atoms with Gasteiger partial charge in [0.15, 0.2) is 0 Å². The highest BCUT2D eigenvalue weighted by Gasteiger charge is 2.09. The van der Waals surface area contributed by atoms with Gasteiger partial charge in [0.25, 0.3) is 0 Å². The smallest absolute Gasteiger partial charge is 0.230 e. The molecule has 0 aliphatic heterocycles. The number of anilines is 1. The molecule has 0 aliphatic rings. The normalized spacial score (nSPS) is 10.6. The van der Waals surface area contributed by atoms with E-state index in [1.807, 2.05) is 24.3 Å². The highest BCUT2D eigenvalue weighted by Crippen LogP contribution is 2.34. The molecule has 1 aromatic heterocycles. The SMILES string of the molecule is COc1ccc(Oc2ncnc3cc(N)ccc23)c(Br)c1. The van der Waals surface area contributed by atoms with Gasteiger partial charge in [-0.15, -0.1) is 0 Å². The maximum atomic E-state index is 5.87. The molecule has 0 amide bonds. The second kappa shape index (κ2) is 5.57. The van der Waals surface area contributed by atoms with Gasteiger partial charge in [0.1, 0.15) is 17.8 Å². The van der Waals surface area contributed by atoms with Gasteiger partial charge in [-0.3, -0.25) is 0 Å². The van der Waals surface area contributed by atoms with Gasteiger partial charge in [-0.05, 0) is 52.3 Å². The highest BCUT2D eigenvalue weighted by molar-refractivity contribution is 9.10. The molecule has 0 unspecified atom stereocenters. The van der Waals surface area contributed by atoms with Crippen LogP contribution in [0.4, 0.5) is 5.69 Å². The molecule has 0 bridgehead atoms. The van der Waals surface area contributed by atoms with Crippen LogP contribution in [0.5, 0.6) is 17.4 Å². The van der Waals surface area contributed by atoms with E-state index in [1.54, 1.807) is 19.2 Å². The molecule has 0 spiro atoms. The number of benzene rings is 2. The summed E-state index contributed by atoms with van der Waals surface area (Å²) in [6, 6.07) is 10.9. The molecule has 21 heavy (non-hydrogen) atoms. The number of nitrogens with two attached hydrogens (primary N) is 1. The number of rotatable bonds is 3. The third-order valence-electron chi connectivity index (χ3n) is 2.97. The van der Waals surface area contributed by atoms with Crippen LogP contribution in [0.15, 0.2) is 47.2 Å². The number of aromatic nitrogens is 2. The van der Waals surface area contributed by atoms with Gasteiger partial charge in [-0.2, -0.15) is 0 Å². The Kier molecular flexibility index (Phi) is 3.62. The zero-order chi connectivity index (χ0) is 14.8. The molecule has 2 N–H and O–H groups in total. The Labute approximate surface area is 129 Å². The van der Waals surface area contributed by atoms with Crippen molar-refractivity contribution in [2.45, 2.75) is 0 Å². The van der Waals surface area contributed by atoms with Gasteiger partial charge in [0.05, 0.1) is 22.5 Å². The fraction of sp³-hybridized carbons (Fsp3) is 0.0667. The zero-order valence-electron chi connectivity index (χ0n) is 11.2. The van der Waals surface area contributed by atoms with Crippen LogP contribution in [0, 0.1) is 0 Å². The Bertz CT molecular complexity index is 808. The Morgan fingerprint density at radius 2 is 1.95 bits per heavy atom. The molecular formula is C15H12BrN3O2. The summed E-state index contributed by atoms with van der Waals surface area (Å²) in [5.41, 5.74) is 7.15. The van der Waals surface area contributed by atoms with E-state index in [4.69, 9.17) is 15.2 Å². The van der Waals surface area contributed by atoms with Crippen LogP contribution in [-0.4, -0.2) is 17.1 Å². The minimum atomic E-state index is 0.478. The number of nitrogen functional groups attached to an aromatic ring is 1. The summed E-state index contributed by atoms with van der Waals surface area (Å²) in [5.74, 6) is 1.87. The van der Waals surface area contributed by atoms with Crippen LogP contribution < -0.4 is 15.2 Å². The van der Waals surface area contributed by atoms with Gasteiger partial charge in [0, 0.05) is 5.69 Å². The van der Waals surface area contributed by atoms with E-state index >= 15 is 0 Å². The molecule has 1 heterocycles. The van der Waals surface area contributed by atoms with Gasteiger partial charge >= 0.3 is 0 Å². The first-order valence-corrected chi connectivity index (χ1v) is 6.98. The summed E-state index contributed by atoms with van der Waals surface area (Å²) >= 11 is 3.45. The minimum absolute atomic E-state index is 0.478. The van der Waals surface area contributed by atoms with Crippen molar-refractivity contribution in [1.29, 1.82) is 0 Å². The number of methoxy groups -OCH3 is 1. The average molecular weight is 346 g/mol. The second-order valence-corrected chi connectivity index (χ2v) is 5.21. The zero-order valence-corrected chi connectivity index (χ0v) is 12.8. The monoisotopic (exact) mass is 345 g/mol. The van der Waals surface area contributed by atoms with E-state index in [9.17, 15) is 0 Å². The van der Waals surface area contributed by atoms with E-state index < -0.39 is 0 Å². The van der Waals surface area contributed by atoms with Crippen molar-refractivity contribution in [3.05, 3.63) is 47.2 Å². The largest absolute Gasteiger partial charge is 0.497 e. The molecule has 3 rings (SSSR count). The molecule has 0 saturated carbocycles. The third-order valence-corrected chi connectivity index (χ3v) is 3.59. The molecule has 0 fully saturated rings. The number of fused-ring (bicyclic) bond motifs is 1. The Hall–Kier alpha value is -2.34. The van der Waals surface area contributed by atoms with Gasteiger partial charge in [-0.1, -0.05) is 0 Å². The van der Waals surface area contributed by atoms with Gasteiger partial charge in [-0.25, -0.2) is 9.97 Å². The van der Waals surface area contributed by atoms with Gasteiger partial charge in [0.2, 0.25) is 5.88 Å². The fourth-order valence-electron chi connectivity index (χ4n) is 1.93. The van der Waals surface area contributed by atoms with E-state index in [-0.39, 0.29) is 0 Å². The minimum Gasteiger partial charge on any atom is -0.497 e. The van der Waals surface area contributed by atoms with Crippen LogP contribution in [0.25, 0.3) is 10.9 Å². The Morgan fingerprint density at radius 3 is 2.71 bits per heavy atom. The van der Waals surface area contributed by atoms with Crippen molar-refractivity contribution in [2.24, 2.45) is 0 Å². The first-order valence-electron chi connectivity index (χ1n) is 6.19. The molecular weight excluding hydrogens is 334 g/mol. The first kappa shape index (κ1) is 13.6. The maximum Gasteiger partial charge on any atom is 0.230 e. The van der Waals surface area contributed by atoms with Crippen LogP contribution in [0.1, 0.15) is 0 Å². The summed E-state index contributed by atoms with van der Waals surface area (Å²) in [6.07, 6.45) is 1.45. The molecule has 0 saturated heterocycles. The van der Waals surface area contributed by atoms with E-state index in [0.717, 1.165) is 21.1 Å². The summed E-state index contributed by atoms with van der Waals surface area (Å²) in [7, 11) is 1.62. The van der Waals surface area contributed by atoms with Crippen molar-refractivity contribution in [3.8, 4) is 17.4 Å². The number of nitrogens with zero attached hydrogens (tertiary/aromatic N) is 2. The lowest BCUT2D eigenvalue weighted by molar-refractivity contribution is 0.411. The number of hydrogen-bond donors (Lipinski definition) is 1. The summed E-state index contributed by atoms with van der Waals surface area (Å²) in [6.45, 7) is 0. The number of ether oxygens (including phenoxy) is 2. The van der Waals surface area contributed by atoms with Crippen molar-refractivity contribution in [3.63, 3.8) is 0 Å². The lowest BCUT2D eigenvalue weighted by Crippen LogP contribution is -1.93. The lowest BCUT2D eigenvalue weighted by atomic mass is 10.2. The predicted molar refractivity (Wildman–Crippen MR) is 84.7 cm³/mol. The molecule has 0 aliphatic carbocycles. The van der Waals surface area contributed by atoms with E-state index in [0.29, 0.717) is 17.3 Å². The average Bonchev–Trinajstić information content (AvgIpc) is 2.49. The molecule has 5 nitrogen and oxygen atoms in total. The van der Waals surface area contributed by atoms with Crippen molar-refractivity contribution in [2.75, 3.05) is 12.8 Å². The summed E-state index contributed by atoms with van der Waals surface area (Å²) in [5, 5.41) is 0.800. The predicted octanol–water partition coefficient (Wildman–Crippen LogP) is 3.78. The molecule has 3 aromatic rings. The van der Waals surface area contributed by atoms with Crippen LogP contribution in [-0.2, 0) is 0 Å². The van der Waals surface area contributed by atoms with Crippen molar-refractivity contribution >= 4 is 32.5 Å². The number of hydrogen-bond acceptors (Lipinski definition) is 5. The van der Waals surface area contributed by atoms with E-state index in [1.165, 1.54) is 6.33 Å². The standard InChI is InChI=1S/C15H12BrN3O2/c1-20-10-3-5-14(12(16)7-10)21-15-11-4-2-9(17)6-13(11)18-8-19-15/h2-8H,17H2,1H3. The Morgan fingerprint density at radius 1 is 1.10 bits per heavy atom. The molecule has 6 heteroatoms. The van der Waals surface area contributed by atoms with Crippen LogP contribution >= 0.6 is 15.9 Å². The fourth-order valence-corrected chi connectivity index (χ4v) is 2.36.